The molecular formula is C11H22N2. The summed E-state index contributed by atoms with van der Waals surface area (Å²) >= 11 is 0. The summed E-state index contributed by atoms with van der Waals surface area (Å²) in [5.74, 6) is 1.03. The van der Waals surface area contributed by atoms with Gasteiger partial charge in [-0.05, 0) is 31.7 Å². The van der Waals surface area contributed by atoms with Gasteiger partial charge in [0.2, 0.25) is 0 Å². The van der Waals surface area contributed by atoms with Crippen molar-refractivity contribution in [2.24, 2.45) is 5.92 Å². The molecule has 0 aromatic rings. The highest BCUT2D eigenvalue weighted by Gasteiger charge is 2.27. The van der Waals surface area contributed by atoms with E-state index in [4.69, 9.17) is 0 Å². The zero-order chi connectivity index (χ0) is 9.10. The van der Waals surface area contributed by atoms with Crippen LogP contribution in [-0.2, 0) is 0 Å². The lowest BCUT2D eigenvalue weighted by atomic mass is 9.84. The third kappa shape index (κ3) is 2.23. The van der Waals surface area contributed by atoms with Crippen LogP contribution in [0, 0.1) is 5.92 Å². The minimum atomic E-state index is 0.862. The van der Waals surface area contributed by atoms with Crippen molar-refractivity contribution in [1.82, 2.24) is 10.2 Å². The fraction of sp³-hybridized carbons (Fsp3) is 1.00. The molecule has 1 aliphatic heterocycles. The molecule has 0 spiro atoms. The van der Waals surface area contributed by atoms with Gasteiger partial charge in [0, 0.05) is 25.7 Å². The molecule has 0 amide bonds. The van der Waals surface area contributed by atoms with Crippen LogP contribution in [0.3, 0.4) is 0 Å². The number of rotatable bonds is 5. The first-order valence-electron chi connectivity index (χ1n) is 5.85. The molecule has 2 heteroatoms. The van der Waals surface area contributed by atoms with E-state index in [1.54, 1.807) is 0 Å². The molecule has 1 aliphatic carbocycles. The summed E-state index contributed by atoms with van der Waals surface area (Å²) < 4.78 is 0. The standard InChI is InChI=1S/C11H22N2/c1-2-6-13(11-7-12-8-11)9-10-4-3-5-10/h10-12H,2-9H2,1H3. The van der Waals surface area contributed by atoms with Gasteiger partial charge >= 0.3 is 0 Å². The van der Waals surface area contributed by atoms with Gasteiger partial charge in [-0.1, -0.05) is 13.3 Å². The molecular weight excluding hydrogens is 160 g/mol. The summed E-state index contributed by atoms with van der Waals surface area (Å²) in [5.41, 5.74) is 0. The minimum Gasteiger partial charge on any atom is -0.314 e. The van der Waals surface area contributed by atoms with Crippen LogP contribution in [0.5, 0.6) is 0 Å². The first kappa shape index (κ1) is 9.47. The second-order valence-corrected chi connectivity index (χ2v) is 4.60. The third-order valence-electron chi connectivity index (χ3n) is 3.50. The van der Waals surface area contributed by atoms with Crippen molar-refractivity contribution in [3.63, 3.8) is 0 Å². The maximum absolute atomic E-state index is 3.37. The van der Waals surface area contributed by atoms with Crippen LogP contribution in [0.2, 0.25) is 0 Å². The fourth-order valence-electron chi connectivity index (χ4n) is 2.25. The Morgan fingerprint density at radius 1 is 1.31 bits per heavy atom. The van der Waals surface area contributed by atoms with Gasteiger partial charge in [0.25, 0.3) is 0 Å². The Morgan fingerprint density at radius 3 is 2.46 bits per heavy atom. The Morgan fingerprint density at radius 2 is 2.08 bits per heavy atom. The predicted molar refractivity (Wildman–Crippen MR) is 55.9 cm³/mol. The Kier molecular flexibility index (Phi) is 3.23. The quantitative estimate of drug-likeness (QED) is 0.692. The van der Waals surface area contributed by atoms with Gasteiger partial charge in [-0.2, -0.15) is 0 Å². The zero-order valence-electron chi connectivity index (χ0n) is 8.76. The molecule has 0 atom stereocenters. The van der Waals surface area contributed by atoms with Crippen molar-refractivity contribution in [1.29, 1.82) is 0 Å². The highest BCUT2D eigenvalue weighted by Crippen LogP contribution is 2.28. The van der Waals surface area contributed by atoms with E-state index >= 15 is 0 Å². The van der Waals surface area contributed by atoms with Crippen molar-refractivity contribution < 1.29 is 0 Å². The van der Waals surface area contributed by atoms with Crippen LogP contribution < -0.4 is 5.32 Å². The van der Waals surface area contributed by atoms with Crippen molar-refractivity contribution >= 4 is 0 Å². The summed E-state index contributed by atoms with van der Waals surface area (Å²) in [5, 5.41) is 3.37. The maximum atomic E-state index is 3.37. The molecule has 0 aromatic heterocycles. The molecule has 13 heavy (non-hydrogen) atoms. The molecule has 1 heterocycles. The van der Waals surface area contributed by atoms with Crippen LogP contribution >= 0.6 is 0 Å². The number of nitrogens with one attached hydrogen (secondary N) is 1. The SMILES string of the molecule is CCCN(CC1CCC1)C1CNC1. The van der Waals surface area contributed by atoms with Crippen LogP contribution in [0.25, 0.3) is 0 Å². The van der Waals surface area contributed by atoms with Gasteiger partial charge in [0.05, 0.1) is 0 Å². The normalized spacial score (nSPS) is 24.5. The molecule has 0 bridgehead atoms. The van der Waals surface area contributed by atoms with Gasteiger partial charge in [-0.15, -0.1) is 0 Å². The average molecular weight is 182 g/mol. The summed E-state index contributed by atoms with van der Waals surface area (Å²) in [6.45, 7) is 7.43. The summed E-state index contributed by atoms with van der Waals surface area (Å²) in [4.78, 5) is 2.71. The molecule has 2 rings (SSSR count). The lowest BCUT2D eigenvalue weighted by Gasteiger charge is -2.41. The summed E-state index contributed by atoms with van der Waals surface area (Å²) in [6.07, 6.45) is 5.76. The van der Waals surface area contributed by atoms with Crippen LogP contribution in [0.15, 0.2) is 0 Å². The van der Waals surface area contributed by atoms with E-state index in [2.05, 4.69) is 17.1 Å². The van der Waals surface area contributed by atoms with Crippen molar-refractivity contribution in [2.45, 2.75) is 38.6 Å². The summed E-state index contributed by atoms with van der Waals surface area (Å²) in [6, 6.07) is 0.862. The third-order valence-corrected chi connectivity index (χ3v) is 3.50. The highest BCUT2D eigenvalue weighted by molar-refractivity contribution is 4.86. The molecule has 0 radical (unpaired) electrons. The summed E-state index contributed by atoms with van der Waals surface area (Å²) in [7, 11) is 0. The molecule has 1 saturated carbocycles. The van der Waals surface area contributed by atoms with E-state index in [0.29, 0.717) is 0 Å². The molecule has 76 valence electrons. The smallest absolute Gasteiger partial charge is 0.0345 e. The van der Waals surface area contributed by atoms with Crippen LogP contribution in [0.1, 0.15) is 32.6 Å². The molecule has 2 fully saturated rings. The van der Waals surface area contributed by atoms with Crippen molar-refractivity contribution in [2.75, 3.05) is 26.2 Å². The zero-order valence-corrected chi connectivity index (χ0v) is 8.76. The van der Waals surface area contributed by atoms with Crippen LogP contribution in [-0.4, -0.2) is 37.1 Å². The lowest BCUT2D eigenvalue weighted by Crippen LogP contribution is -2.58. The number of hydrogen-bond acceptors (Lipinski definition) is 2. The molecule has 0 unspecified atom stereocenters. The predicted octanol–water partition coefficient (Wildman–Crippen LogP) is 1.47. The number of hydrogen-bond donors (Lipinski definition) is 1. The van der Waals surface area contributed by atoms with E-state index < -0.39 is 0 Å². The van der Waals surface area contributed by atoms with Crippen molar-refractivity contribution in [3.8, 4) is 0 Å². The molecule has 2 aliphatic rings. The van der Waals surface area contributed by atoms with Gasteiger partial charge in [-0.25, -0.2) is 0 Å². The maximum Gasteiger partial charge on any atom is 0.0345 e. The topological polar surface area (TPSA) is 15.3 Å². The van der Waals surface area contributed by atoms with Crippen LogP contribution in [0.4, 0.5) is 0 Å². The second kappa shape index (κ2) is 4.43. The second-order valence-electron chi connectivity index (χ2n) is 4.60. The Bertz CT molecular complexity index is 150. The molecule has 0 aromatic carbocycles. The van der Waals surface area contributed by atoms with E-state index in [1.807, 2.05) is 0 Å². The largest absolute Gasteiger partial charge is 0.314 e. The Balaban J connectivity index is 1.73. The monoisotopic (exact) mass is 182 g/mol. The van der Waals surface area contributed by atoms with E-state index in [9.17, 15) is 0 Å². The van der Waals surface area contributed by atoms with Gasteiger partial charge in [0.15, 0.2) is 0 Å². The average Bonchev–Trinajstić information content (AvgIpc) is 1.93. The van der Waals surface area contributed by atoms with E-state index in [0.717, 1.165) is 12.0 Å². The van der Waals surface area contributed by atoms with E-state index in [-0.39, 0.29) is 0 Å². The Labute approximate surface area is 81.7 Å². The molecule has 2 nitrogen and oxygen atoms in total. The first-order valence-corrected chi connectivity index (χ1v) is 5.85. The molecule has 1 saturated heterocycles. The van der Waals surface area contributed by atoms with Gasteiger partial charge in [0.1, 0.15) is 0 Å². The Hall–Kier alpha value is -0.0800. The minimum absolute atomic E-state index is 0.862. The number of nitrogens with zero attached hydrogens (tertiary/aromatic N) is 1. The van der Waals surface area contributed by atoms with Crippen molar-refractivity contribution in [3.05, 3.63) is 0 Å². The molecule has 1 N–H and O–H groups in total. The highest BCUT2D eigenvalue weighted by atomic mass is 15.2. The lowest BCUT2D eigenvalue weighted by molar-refractivity contribution is 0.100. The fourth-order valence-corrected chi connectivity index (χ4v) is 2.25. The van der Waals surface area contributed by atoms with Gasteiger partial charge in [-0.3, -0.25) is 4.90 Å². The van der Waals surface area contributed by atoms with Gasteiger partial charge < -0.3 is 5.32 Å². The van der Waals surface area contributed by atoms with E-state index in [1.165, 1.54) is 51.9 Å². The first-order chi connectivity index (χ1) is 6.40.